The molecule has 31 heavy (non-hydrogen) atoms. The predicted octanol–water partition coefficient (Wildman–Crippen LogP) is 2.76. The van der Waals surface area contributed by atoms with Crippen LogP contribution in [-0.4, -0.2) is 67.7 Å². The number of hydrogen-bond acceptors (Lipinski definition) is 6. The van der Waals surface area contributed by atoms with Crippen LogP contribution in [0.25, 0.3) is 0 Å². The SMILES string of the molecule is C[Si](C)(C)CCOCn1nc(C(=O)O)c2c1CC1(COC1)C2.O=C1CCC2(COC2)C1. The molecule has 0 bridgehead atoms. The molecule has 0 amide bonds. The van der Waals surface area contributed by atoms with Crippen LogP contribution in [0, 0.1) is 10.8 Å². The Kier molecular flexibility index (Phi) is 6.15. The van der Waals surface area contributed by atoms with E-state index in [0.29, 0.717) is 24.5 Å². The number of carboxylic acid groups (broad SMARTS) is 1. The first-order valence-corrected chi connectivity index (χ1v) is 14.9. The van der Waals surface area contributed by atoms with E-state index in [2.05, 4.69) is 24.7 Å². The summed E-state index contributed by atoms with van der Waals surface area (Å²) in [5.41, 5.74) is 2.51. The summed E-state index contributed by atoms with van der Waals surface area (Å²) in [4.78, 5) is 22.2. The number of aromatic nitrogens is 2. The van der Waals surface area contributed by atoms with Crippen LogP contribution in [-0.2, 0) is 38.6 Å². The molecule has 0 aromatic carbocycles. The minimum atomic E-state index is -1.11. The van der Waals surface area contributed by atoms with Crippen LogP contribution in [0.15, 0.2) is 0 Å². The molecule has 2 spiro atoms. The maximum absolute atomic E-state index is 11.4. The number of nitrogens with zero attached hydrogens (tertiary/aromatic N) is 2. The zero-order valence-electron chi connectivity index (χ0n) is 18.9. The van der Waals surface area contributed by atoms with Crippen LogP contribution < -0.4 is 0 Å². The van der Waals surface area contributed by atoms with Gasteiger partial charge in [-0.3, -0.25) is 4.79 Å². The summed E-state index contributed by atoms with van der Waals surface area (Å²) in [7, 11) is -1.11. The molecule has 1 aromatic heterocycles. The van der Waals surface area contributed by atoms with Crippen LogP contribution in [0.2, 0.25) is 25.7 Å². The molecule has 1 N–H and O–H groups in total. The zero-order chi connectivity index (χ0) is 22.3. The molecule has 0 unspecified atom stereocenters. The van der Waals surface area contributed by atoms with Crippen LogP contribution in [0.1, 0.15) is 41.0 Å². The Labute approximate surface area is 184 Å². The van der Waals surface area contributed by atoms with E-state index >= 15 is 0 Å². The molecule has 2 aliphatic carbocycles. The van der Waals surface area contributed by atoms with Gasteiger partial charge in [-0.25, -0.2) is 9.48 Å². The van der Waals surface area contributed by atoms with Crippen LogP contribution in [0.5, 0.6) is 0 Å². The number of carbonyl (C=O) groups excluding carboxylic acids is 1. The van der Waals surface area contributed by atoms with E-state index in [1.165, 1.54) is 0 Å². The summed E-state index contributed by atoms with van der Waals surface area (Å²) in [6.07, 6.45) is 4.26. The molecule has 1 saturated carbocycles. The highest BCUT2D eigenvalue weighted by Crippen LogP contribution is 2.44. The second kappa shape index (κ2) is 8.42. The average molecular weight is 451 g/mol. The number of carboxylic acids is 1. The summed E-state index contributed by atoms with van der Waals surface area (Å²) in [5, 5.41) is 13.6. The minimum absolute atomic E-state index is 0.109. The fourth-order valence-corrected chi connectivity index (χ4v) is 5.51. The molecule has 5 rings (SSSR count). The van der Waals surface area contributed by atoms with Gasteiger partial charge in [0, 0.05) is 56.0 Å². The minimum Gasteiger partial charge on any atom is -0.476 e. The van der Waals surface area contributed by atoms with Gasteiger partial charge in [-0.1, -0.05) is 19.6 Å². The Morgan fingerprint density at radius 2 is 1.81 bits per heavy atom. The quantitative estimate of drug-likeness (QED) is 0.525. The second-order valence-electron chi connectivity index (χ2n) is 11.0. The topological polar surface area (TPSA) is 99.9 Å². The van der Waals surface area contributed by atoms with Gasteiger partial charge in [-0.2, -0.15) is 5.10 Å². The first-order valence-electron chi connectivity index (χ1n) is 11.2. The highest BCUT2D eigenvalue weighted by Gasteiger charge is 2.47. The fourth-order valence-electron chi connectivity index (χ4n) is 4.75. The maximum Gasteiger partial charge on any atom is 0.356 e. The van der Waals surface area contributed by atoms with E-state index in [1.54, 1.807) is 4.68 Å². The second-order valence-corrected chi connectivity index (χ2v) is 16.6. The van der Waals surface area contributed by atoms with Crippen molar-refractivity contribution in [2.75, 3.05) is 33.0 Å². The van der Waals surface area contributed by atoms with Crippen molar-refractivity contribution in [1.29, 1.82) is 0 Å². The highest BCUT2D eigenvalue weighted by molar-refractivity contribution is 6.76. The van der Waals surface area contributed by atoms with Crippen molar-refractivity contribution in [3.8, 4) is 0 Å². The van der Waals surface area contributed by atoms with Gasteiger partial charge in [-0.05, 0) is 18.9 Å². The van der Waals surface area contributed by atoms with E-state index in [9.17, 15) is 14.7 Å². The summed E-state index contributed by atoms with van der Waals surface area (Å²) < 4.78 is 17.9. The monoisotopic (exact) mass is 450 g/mol. The Balaban J connectivity index is 0.000000212. The lowest BCUT2D eigenvalue weighted by Crippen LogP contribution is -2.43. The standard InChI is InChI=1S/C15H24N2O4Si.C7H10O2/c1-22(2,3)5-4-20-10-17-12-7-15(8-21-9-15)6-11(12)13(16-17)14(18)19;8-6-1-2-7(3-6)4-9-5-7/h4-10H2,1-3H3,(H,18,19);1-5H2. The zero-order valence-corrected chi connectivity index (χ0v) is 19.9. The summed E-state index contributed by atoms with van der Waals surface area (Å²) in [5.74, 6) is -0.521. The average Bonchev–Trinajstić information content (AvgIpc) is 3.29. The van der Waals surface area contributed by atoms with E-state index in [4.69, 9.17) is 14.2 Å². The maximum atomic E-state index is 11.4. The third-order valence-electron chi connectivity index (χ3n) is 6.81. The van der Waals surface area contributed by atoms with Gasteiger partial charge in [-0.15, -0.1) is 0 Å². The molecule has 172 valence electrons. The lowest BCUT2D eigenvalue weighted by atomic mass is 9.83. The van der Waals surface area contributed by atoms with Crippen molar-refractivity contribution in [3.05, 3.63) is 17.0 Å². The number of fused-ring (bicyclic) bond motifs is 1. The molecule has 2 aliphatic heterocycles. The summed E-state index contributed by atoms with van der Waals surface area (Å²) in [6.45, 7) is 11.1. The Morgan fingerprint density at radius 1 is 1.13 bits per heavy atom. The molecule has 8 nitrogen and oxygen atoms in total. The Hall–Kier alpha value is -1.55. The molecular formula is C22H34N2O6Si. The molecule has 9 heteroatoms. The Bertz CT molecular complexity index is 851. The van der Waals surface area contributed by atoms with Gasteiger partial charge in [0.25, 0.3) is 0 Å². The number of hydrogen-bond donors (Lipinski definition) is 1. The van der Waals surface area contributed by atoms with Crippen molar-refractivity contribution in [1.82, 2.24) is 9.78 Å². The number of Topliss-reactive ketones (excluding diaryl/α,β-unsaturated/α-hetero) is 1. The van der Waals surface area contributed by atoms with E-state index in [1.807, 2.05) is 0 Å². The van der Waals surface area contributed by atoms with Gasteiger partial charge >= 0.3 is 5.97 Å². The van der Waals surface area contributed by atoms with E-state index < -0.39 is 14.0 Å². The van der Waals surface area contributed by atoms with Gasteiger partial charge in [0.1, 0.15) is 12.5 Å². The summed E-state index contributed by atoms with van der Waals surface area (Å²) in [6, 6.07) is 1.10. The number of rotatable bonds is 6. The molecule has 3 heterocycles. The van der Waals surface area contributed by atoms with Gasteiger partial charge in [0.15, 0.2) is 5.69 Å². The third-order valence-corrected chi connectivity index (χ3v) is 8.52. The smallest absolute Gasteiger partial charge is 0.356 e. The molecule has 2 saturated heterocycles. The van der Waals surface area contributed by atoms with Crippen LogP contribution in [0.3, 0.4) is 0 Å². The van der Waals surface area contributed by atoms with Gasteiger partial charge < -0.3 is 19.3 Å². The predicted molar refractivity (Wildman–Crippen MR) is 116 cm³/mol. The number of carbonyl (C=O) groups is 2. The van der Waals surface area contributed by atoms with Crippen molar-refractivity contribution in [2.24, 2.45) is 10.8 Å². The van der Waals surface area contributed by atoms with Crippen molar-refractivity contribution >= 4 is 19.8 Å². The summed E-state index contributed by atoms with van der Waals surface area (Å²) >= 11 is 0. The van der Waals surface area contributed by atoms with Gasteiger partial charge in [0.05, 0.1) is 26.4 Å². The number of ether oxygens (including phenoxy) is 3. The van der Waals surface area contributed by atoms with Crippen LogP contribution in [0.4, 0.5) is 0 Å². The fraction of sp³-hybridized carbons (Fsp3) is 0.773. The van der Waals surface area contributed by atoms with Crippen molar-refractivity contribution in [3.63, 3.8) is 0 Å². The first kappa shape index (κ1) is 22.6. The molecule has 4 aliphatic rings. The van der Waals surface area contributed by atoms with E-state index in [-0.39, 0.29) is 11.1 Å². The van der Waals surface area contributed by atoms with Crippen molar-refractivity contribution in [2.45, 2.75) is 64.5 Å². The third kappa shape index (κ3) is 4.94. The molecule has 1 aromatic rings. The van der Waals surface area contributed by atoms with Crippen LogP contribution >= 0.6 is 0 Å². The normalized spacial score (nSPS) is 22.6. The van der Waals surface area contributed by atoms with Gasteiger partial charge in [0.2, 0.25) is 0 Å². The highest BCUT2D eigenvalue weighted by atomic mass is 28.3. The Morgan fingerprint density at radius 3 is 2.26 bits per heavy atom. The largest absolute Gasteiger partial charge is 0.476 e. The first-order chi connectivity index (χ1) is 14.6. The molecule has 0 radical (unpaired) electrons. The molecule has 3 fully saturated rings. The number of aromatic carboxylic acids is 1. The molecule has 0 atom stereocenters. The van der Waals surface area contributed by atoms with Crippen molar-refractivity contribution < 1.29 is 28.9 Å². The van der Waals surface area contributed by atoms with E-state index in [0.717, 1.165) is 75.8 Å². The number of ketones is 1. The lowest BCUT2D eigenvalue weighted by Gasteiger charge is -2.37. The lowest BCUT2D eigenvalue weighted by molar-refractivity contribution is -0.127. The molecular weight excluding hydrogens is 416 g/mol.